The first-order valence-electron chi connectivity index (χ1n) is 6.40. The van der Waals surface area contributed by atoms with Gasteiger partial charge in [-0.05, 0) is 0 Å². The predicted octanol–water partition coefficient (Wildman–Crippen LogP) is 0.762. The molecule has 1 rings (SSSR count). The van der Waals surface area contributed by atoms with Crippen molar-refractivity contribution < 1.29 is 18.9 Å². The van der Waals surface area contributed by atoms with Crippen LogP contribution in [0.25, 0.3) is 0 Å². The highest BCUT2D eigenvalue weighted by molar-refractivity contribution is 9.09. The lowest BCUT2D eigenvalue weighted by molar-refractivity contribution is -0.0199. The maximum absolute atomic E-state index is 5.55. The number of halogens is 1. The standard InChI is InChI=1S/C12H24BrNO4/c1-15-6-7-17-9-8-16-4-2-14-3-5-18-11-12(14)10-13/h12H,2-11H2,1H3. The van der Waals surface area contributed by atoms with E-state index in [9.17, 15) is 0 Å². The van der Waals surface area contributed by atoms with E-state index in [2.05, 4.69) is 20.8 Å². The van der Waals surface area contributed by atoms with Crippen molar-refractivity contribution in [1.82, 2.24) is 4.90 Å². The molecule has 1 heterocycles. The summed E-state index contributed by atoms with van der Waals surface area (Å²) in [6.07, 6.45) is 0. The predicted molar refractivity (Wildman–Crippen MR) is 73.5 cm³/mol. The van der Waals surface area contributed by atoms with Gasteiger partial charge in [-0.25, -0.2) is 0 Å². The first-order valence-corrected chi connectivity index (χ1v) is 7.52. The molecule has 0 N–H and O–H groups in total. The third-order valence-corrected chi connectivity index (χ3v) is 3.60. The van der Waals surface area contributed by atoms with Gasteiger partial charge in [-0.15, -0.1) is 0 Å². The van der Waals surface area contributed by atoms with Crippen LogP contribution in [-0.2, 0) is 18.9 Å². The maximum atomic E-state index is 5.55. The molecular weight excluding hydrogens is 302 g/mol. The fourth-order valence-electron chi connectivity index (χ4n) is 1.77. The van der Waals surface area contributed by atoms with Crippen LogP contribution < -0.4 is 0 Å². The Kier molecular flexibility index (Phi) is 10.1. The second-order valence-electron chi connectivity index (χ2n) is 4.14. The van der Waals surface area contributed by atoms with Gasteiger partial charge in [-0.1, -0.05) is 15.9 Å². The van der Waals surface area contributed by atoms with Crippen LogP contribution >= 0.6 is 15.9 Å². The molecule has 5 nitrogen and oxygen atoms in total. The highest BCUT2D eigenvalue weighted by atomic mass is 79.9. The van der Waals surface area contributed by atoms with Crippen LogP contribution in [0.3, 0.4) is 0 Å². The van der Waals surface area contributed by atoms with E-state index in [1.165, 1.54) is 0 Å². The first-order chi connectivity index (χ1) is 8.88. The average Bonchev–Trinajstić information content (AvgIpc) is 2.42. The number of hydrogen-bond donors (Lipinski definition) is 0. The fourth-order valence-corrected chi connectivity index (χ4v) is 2.37. The van der Waals surface area contributed by atoms with Crippen LogP contribution in [0.1, 0.15) is 0 Å². The monoisotopic (exact) mass is 325 g/mol. The Morgan fingerprint density at radius 3 is 2.61 bits per heavy atom. The van der Waals surface area contributed by atoms with Crippen molar-refractivity contribution in [2.24, 2.45) is 0 Å². The molecule has 0 amide bonds. The molecule has 0 spiro atoms. The highest BCUT2D eigenvalue weighted by Crippen LogP contribution is 2.08. The van der Waals surface area contributed by atoms with Crippen LogP contribution in [0.15, 0.2) is 0 Å². The van der Waals surface area contributed by atoms with Gasteiger partial charge in [0.25, 0.3) is 0 Å². The molecule has 1 aliphatic rings. The van der Waals surface area contributed by atoms with Crippen LogP contribution in [0.5, 0.6) is 0 Å². The summed E-state index contributed by atoms with van der Waals surface area (Å²) in [5, 5.41) is 0.952. The SMILES string of the molecule is COCCOCCOCCN1CCOCC1CBr. The Morgan fingerprint density at radius 2 is 1.89 bits per heavy atom. The van der Waals surface area contributed by atoms with Crippen molar-refractivity contribution in [3.05, 3.63) is 0 Å². The molecule has 108 valence electrons. The van der Waals surface area contributed by atoms with Gasteiger partial charge in [0.05, 0.1) is 46.2 Å². The Morgan fingerprint density at radius 1 is 1.17 bits per heavy atom. The summed E-state index contributed by atoms with van der Waals surface area (Å²) in [5.74, 6) is 0. The van der Waals surface area contributed by atoms with Crippen LogP contribution in [0.2, 0.25) is 0 Å². The van der Waals surface area contributed by atoms with Gasteiger partial charge in [-0.2, -0.15) is 0 Å². The van der Waals surface area contributed by atoms with Gasteiger partial charge in [0.2, 0.25) is 0 Å². The van der Waals surface area contributed by atoms with E-state index < -0.39 is 0 Å². The fraction of sp³-hybridized carbons (Fsp3) is 1.00. The van der Waals surface area contributed by atoms with E-state index in [1.54, 1.807) is 7.11 Å². The molecule has 0 aromatic rings. The van der Waals surface area contributed by atoms with Crippen LogP contribution in [-0.4, -0.2) is 82.7 Å². The topological polar surface area (TPSA) is 40.2 Å². The Balaban J connectivity index is 1.93. The quantitative estimate of drug-likeness (QED) is 0.438. The van der Waals surface area contributed by atoms with E-state index >= 15 is 0 Å². The molecule has 18 heavy (non-hydrogen) atoms. The second-order valence-corrected chi connectivity index (χ2v) is 4.78. The van der Waals surface area contributed by atoms with E-state index in [0.717, 1.165) is 38.2 Å². The molecule has 1 unspecified atom stereocenters. The second kappa shape index (κ2) is 11.1. The molecule has 0 aliphatic carbocycles. The maximum Gasteiger partial charge on any atom is 0.0701 e. The van der Waals surface area contributed by atoms with Crippen molar-refractivity contribution in [2.45, 2.75) is 6.04 Å². The van der Waals surface area contributed by atoms with E-state index in [4.69, 9.17) is 18.9 Å². The number of alkyl halides is 1. The number of rotatable bonds is 10. The third kappa shape index (κ3) is 7.01. The summed E-state index contributed by atoms with van der Waals surface area (Å²) in [7, 11) is 1.67. The van der Waals surface area contributed by atoms with Gasteiger partial charge in [-0.3, -0.25) is 4.90 Å². The number of hydrogen-bond acceptors (Lipinski definition) is 5. The molecular formula is C12H24BrNO4. The molecule has 6 heteroatoms. The van der Waals surface area contributed by atoms with Crippen molar-refractivity contribution in [3.63, 3.8) is 0 Å². The van der Waals surface area contributed by atoms with Crippen LogP contribution in [0, 0.1) is 0 Å². The number of methoxy groups -OCH3 is 1. The Hall–Kier alpha value is 0.280. The Labute approximate surface area is 118 Å². The van der Waals surface area contributed by atoms with E-state index in [-0.39, 0.29) is 0 Å². The normalized spacial score (nSPS) is 21.3. The number of morpholine rings is 1. The number of ether oxygens (including phenoxy) is 4. The van der Waals surface area contributed by atoms with Gasteiger partial charge in [0.1, 0.15) is 0 Å². The smallest absolute Gasteiger partial charge is 0.0701 e. The van der Waals surface area contributed by atoms with Gasteiger partial charge >= 0.3 is 0 Å². The minimum Gasteiger partial charge on any atom is -0.382 e. The molecule has 1 atom stereocenters. The van der Waals surface area contributed by atoms with E-state index in [0.29, 0.717) is 32.5 Å². The molecule has 1 aliphatic heterocycles. The van der Waals surface area contributed by atoms with E-state index in [1.807, 2.05) is 0 Å². The molecule has 0 aromatic heterocycles. The summed E-state index contributed by atoms with van der Waals surface area (Å²) < 4.78 is 21.2. The van der Waals surface area contributed by atoms with Gasteiger partial charge < -0.3 is 18.9 Å². The zero-order chi connectivity index (χ0) is 13.1. The van der Waals surface area contributed by atoms with Gasteiger partial charge in [0, 0.05) is 31.6 Å². The summed E-state index contributed by atoms with van der Waals surface area (Å²) in [6.45, 7) is 6.88. The van der Waals surface area contributed by atoms with Crippen molar-refractivity contribution in [2.75, 3.05) is 71.8 Å². The van der Waals surface area contributed by atoms with Crippen molar-refractivity contribution in [1.29, 1.82) is 0 Å². The lowest BCUT2D eigenvalue weighted by atomic mass is 10.2. The molecule has 0 radical (unpaired) electrons. The summed E-state index contributed by atoms with van der Waals surface area (Å²) in [6, 6.07) is 0.473. The number of nitrogens with zero attached hydrogens (tertiary/aromatic N) is 1. The zero-order valence-corrected chi connectivity index (χ0v) is 12.7. The first kappa shape index (κ1) is 16.3. The molecule has 0 aromatic carbocycles. The highest BCUT2D eigenvalue weighted by Gasteiger charge is 2.21. The summed E-state index contributed by atoms with van der Waals surface area (Å²) in [5.41, 5.74) is 0. The molecule has 0 bridgehead atoms. The third-order valence-electron chi connectivity index (χ3n) is 2.85. The van der Waals surface area contributed by atoms with Gasteiger partial charge in [0.15, 0.2) is 0 Å². The van der Waals surface area contributed by atoms with Crippen molar-refractivity contribution >= 4 is 15.9 Å². The molecule has 1 saturated heterocycles. The van der Waals surface area contributed by atoms with Crippen LogP contribution in [0.4, 0.5) is 0 Å². The summed E-state index contributed by atoms with van der Waals surface area (Å²) in [4.78, 5) is 2.41. The molecule has 1 fully saturated rings. The molecule has 0 saturated carbocycles. The zero-order valence-electron chi connectivity index (χ0n) is 11.1. The Bertz CT molecular complexity index is 197. The largest absolute Gasteiger partial charge is 0.382 e. The lowest BCUT2D eigenvalue weighted by Crippen LogP contribution is -2.47. The lowest BCUT2D eigenvalue weighted by Gasteiger charge is -2.34. The minimum absolute atomic E-state index is 0.473. The minimum atomic E-state index is 0.473. The summed E-state index contributed by atoms with van der Waals surface area (Å²) >= 11 is 3.51. The average molecular weight is 326 g/mol. The van der Waals surface area contributed by atoms with Crippen molar-refractivity contribution in [3.8, 4) is 0 Å².